The van der Waals surface area contributed by atoms with Crippen molar-refractivity contribution >= 4 is 16.9 Å². The molecule has 0 saturated carbocycles. The Labute approximate surface area is 105 Å². The maximum absolute atomic E-state index is 11.1. The van der Waals surface area contributed by atoms with E-state index in [1.807, 2.05) is 23.1 Å². The van der Waals surface area contributed by atoms with E-state index in [0.29, 0.717) is 6.54 Å². The molecular formula is C14H15NO3. The molecule has 0 radical (unpaired) electrons. The second-order valence-electron chi connectivity index (χ2n) is 4.76. The van der Waals surface area contributed by atoms with Crippen LogP contribution in [-0.2, 0) is 11.3 Å². The fraction of sp³-hybridized carbons (Fsp3) is 0.357. The summed E-state index contributed by atoms with van der Waals surface area (Å²) in [5, 5.41) is 10.2. The van der Waals surface area contributed by atoms with Gasteiger partial charge in [0, 0.05) is 11.9 Å². The second kappa shape index (κ2) is 4.46. The van der Waals surface area contributed by atoms with Crippen molar-refractivity contribution in [3.63, 3.8) is 0 Å². The number of fused-ring (bicyclic) bond motifs is 1. The summed E-state index contributed by atoms with van der Waals surface area (Å²) in [6.45, 7) is 1.55. The summed E-state index contributed by atoms with van der Waals surface area (Å²) >= 11 is 0. The van der Waals surface area contributed by atoms with Crippen molar-refractivity contribution in [2.75, 3.05) is 6.54 Å². The Balaban J connectivity index is 1.80. The van der Waals surface area contributed by atoms with Gasteiger partial charge in [0.1, 0.15) is 11.6 Å². The van der Waals surface area contributed by atoms with Gasteiger partial charge in [-0.2, -0.15) is 0 Å². The lowest BCUT2D eigenvalue weighted by Gasteiger charge is -2.20. The van der Waals surface area contributed by atoms with Crippen molar-refractivity contribution < 1.29 is 14.3 Å². The summed E-state index contributed by atoms with van der Waals surface area (Å²) in [4.78, 5) is 13.1. The highest BCUT2D eigenvalue weighted by molar-refractivity contribution is 5.77. The smallest absolute Gasteiger partial charge is 0.320 e. The lowest BCUT2D eigenvalue weighted by molar-refractivity contribution is -0.142. The van der Waals surface area contributed by atoms with E-state index < -0.39 is 5.97 Å². The van der Waals surface area contributed by atoms with E-state index in [4.69, 9.17) is 9.52 Å². The molecule has 94 valence electrons. The number of carboxylic acids is 1. The van der Waals surface area contributed by atoms with Crippen molar-refractivity contribution in [2.24, 2.45) is 0 Å². The van der Waals surface area contributed by atoms with Crippen molar-refractivity contribution in [2.45, 2.75) is 25.4 Å². The van der Waals surface area contributed by atoms with Crippen LogP contribution >= 0.6 is 0 Å². The van der Waals surface area contributed by atoms with Gasteiger partial charge in [0.05, 0.1) is 6.26 Å². The molecule has 0 aliphatic carbocycles. The molecular weight excluding hydrogens is 230 g/mol. The molecule has 1 aliphatic rings. The quantitative estimate of drug-likeness (QED) is 0.902. The highest BCUT2D eigenvalue weighted by atomic mass is 16.4. The van der Waals surface area contributed by atoms with Gasteiger partial charge in [-0.1, -0.05) is 6.07 Å². The molecule has 1 aromatic carbocycles. The first kappa shape index (κ1) is 11.3. The Kier molecular flexibility index (Phi) is 2.80. The molecule has 4 heteroatoms. The Hall–Kier alpha value is -1.81. The van der Waals surface area contributed by atoms with Gasteiger partial charge in [0.15, 0.2) is 0 Å². The van der Waals surface area contributed by atoms with Gasteiger partial charge in [0.2, 0.25) is 0 Å². The molecule has 1 fully saturated rings. The molecule has 0 spiro atoms. The maximum atomic E-state index is 11.1. The zero-order valence-corrected chi connectivity index (χ0v) is 10.0. The van der Waals surface area contributed by atoms with Crippen molar-refractivity contribution in [1.29, 1.82) is 0 Å². The molecule has 2 heterocycles. The van der Waals surface area contributed by atoms with Gasteiger partial charge in [-0.25, -0.2) is 0 Å². The molecule has 1 N–H and O–H groups in total. The topological polar surface area (TPSA) is 53.7 Å². The Bertz CT molecular complexity index is 575. The molecule has 0 unspecified atom stereocenters. The average Bonchev–Trinajstić information content (AvgIpc) is 2.96. The number of carboxylic acid groups (broad SMARTS) is 1. The Morgan fingerprint density at radius 3 is 3.17 bits per heavy atom. The fourth-order valence-corrected chi connectivity index (χ4v) is 2.64. The van der Waals surface area contributed by atoms with Crippen LogP contribution in [0.15, 0.2) is 34.9 Å². The monoisotopic (exact) mass is 245 g/mol. The maximum Gasteiger partial charge on any atom is 0.320 e. The van der Waals surface area contributed by atoms with Gasteiger partial charge < -0.3 is 9.52 Å². The first-order chi connectivity index (χ1) is 8.74. The number of carbonyl (C=O) groups is 1. The summed E-state index contributed by atoms with van der Waals surface area (Å²) in [5.41, 5.74) is 2.01. The number of nitrogens with zero attached hydrogens (tertiary/aromatic N) is 1. The minimum Gasteiger partial charge on any atom is -0.480 e. The zero-order valence-electron chi connectivity index (χ0n) is 10.0. The predicted molar refractivity (Wildman–Crippen MR) is 67.3 cm³/mol. The highest BCUT2D eigenvalue weighted by Gasteiger charge is 2.30. The highest BCUT2D eigenvalue weighted by Crippen LogP contribution is 2.22. The van der Waals surface area contributed by atoms with Gasteiger partial charge >= 0.3 is 5.97 Å². The van der Waals surface area contributed by atoms with Crippen LogP contribution in [0.3, 0.4) is 0 Å². The third-order valence-corrected chi connectivity index (χ3v) is 3.55. The van der Waals surface area contributed by atoms with Crippen LogP contribution < -0.4 is 0 Å². The van der Waals surface area contributed by atoms with Crippen molar-refractivity contribution in [3.05, 3.63) is 36.1 Å². The van der Waals surface area contributed by atoms with E-state index >= 15 is 0 Å². The summed E-state index contributed by atoms with van der Waals surface area (Å²) in [5.74, 6) is -0.711. The summed E-state index contributed by atoms with van der Waals surface area (Å²) < 4.78 is 5.29. The van der Waals surface area contributed by atoms with Crippen LogP contribution in [0, 0.1) is 0 Å². The minimum absolute atomic E-state index is 0.329. The third kappa shape index (κ3) is 1.99. The number of likely N-dealkylation sites (tertiary alicyclic amines) is 1. The molecule has 18 heavy (non-hydrogen) atoms. The fourth-order valence-electron chi connectivity index (χ4n) is 2.64. The van der Waals surface area contributed by atoms with Crippen molar-refractivity contribution in [1.82, 2.24) is 4.90 Å². The first-order valence-electron chi connectivity index (χ1n) is 6.17. The molecule has 1 atom stereocenters. The molecule has 2 aromatic rings. The average molecular weight is 245 g/mol. The van der Waals surface area contributed by atoms with Gasteiger partial charge in [0.25, 0.3) is 0 Å². The molecule has 1 aromatic heterocycles. The SMILES string of the molecule is O=C(O)[C@@H]1CCCN1Cc1ccc2occc2c1. The molecule has 1 aliphatic heterocycles. The summed E-state index contributed by atoms with van der Waals surface area (Å²) in [6.07, 6.45) is 3.39. The van der Waals surface area contributed by atoms with Crippen LogP contribution in [0.4, 0.5) is 0 Å². The lowest BCUT2D eigenvalue weighted by atomic mass is 10.1. The zero-order chi connectivity index (χ0) is 12.5. The normalized spacial score (nSPS) is 20.6. The number of rotatable bonds is 3. The number of furan rings is 1. The van der Waals surface area contributed by atoms with E-state index in [1.54, 1.807) is 6.26 Å². The van der Waals surface area contributed by atoms with Crippen LogP contribution in [0.25, 0.3) is 11.0 Å². The van der Waals surface area contributed by atoms with E-state index in [2.05, 4.69) is 6.07 Å². The van der Waals surface area contributed by atoms with Crippen molar-refractivity contribution in [3.8, 4) is 0 Å². The molecule has 4 nitrogen and oxygen atoms in total. The number of hydrogen-bond acceptors (Lipinski definition) is 3. The third-order valence-electron chi connectivity index (χ3n) is 3.55. The lowest BCUT2D eigenvalue weighted by Crippen LogP contribution is -2.35. The molecule has 0 bridgehead atoms. The van der Waals surface area contributed by atoms with E-state index in [9.17, 15) is 4.79 Å². The first-order valence-corrected chi connectivity index (χ1v) is 6.17. The van der Waals surface area contributed by atoms with Gasteiger partial charge in [-0.3, -0.25) is 9.69 Å². The van der Waals surface area contributed by atoms with Crippen LogP contribution in [0.1, 0.15) is 18.4 Å². The Morgan fingerprint density at radius 1 is 1.44 bits per heavy atom. The molecule has 3 rings (SSSR count). The molecule has 1 saturated heterocycles. The van der Waals surface area contributed by atoms with Gasteiger partial charge in [-0.15, -0.1) is 0 Å². The largest absolute Gasteiger partial charge is 0.480 e. The van der Waals surface area contributed by atoms with Crippen LogP contribution in [0.2, 0.25) is 0 Å². The molecule has 0 amide bonds. The van der Waals surface area contributed by atoms with E-state index in [-0.39, 0.29) is 6.04 Å². The number of benzene rings is 1. The second-order valence-corrected chi connectivity index (χ2v) is 4.76. The summed E-state index contributed by atoms with van der Waals surface area (Å²) in [7, 11) is 0. The van der Waals surface area contributed by atoms with E-state index in [1.165, 1.54) is 0 Å². The predicted octanol–water partition coefficient (Wildman–Crippen LogP) is 2.48. The van der Waals surface area contributed by atoms with E-state index in [0.717, 1.165) is 35.9 Å². The standard InChI is InChI=1S/C14H15NO3/c16-14(17)12-2-1-6-15(12)9-10-3-4-13-11(8-10)5-7-18-13/h3-5,7-8,12H,1-2,6,9H2,(H,16,17)/t12-/m0/s1. The Morgan fingerprint density at radius 2 is 2.33 bits per heavy atom. The van der Waals surface area contributed by atoms with Gasteiger partial charge in [-0.05, 0) is 43.1 Å². The number of aliphatic carboxylic acids is 1. The van der Waals surface area contributed by atoms with Crippen LogP contribution in [-0.4, -0.2) is 28.6 Å². The van der Waals surface area contributed by atoms with Crippen LogP contribution in [0.5, 0.6) is 0 Å². The number of hydrogen-bond donors (Lipinski definition) is 1. The minimum atomic E-state index is -0.711. The summed E-state index contributed by atoms with van der Waals surface area (Å²) in [6, 6.07) is 7.61.